The van der Waals surface area contributed by atoms with Crippen molar-refractivity contribution in [3.05, 3.63) is 45.3 Å². The monoisotopic (exact) mass is 271 g/mol. The lowest BCUT2D eigenvalue weighted by Gasteiger charge is -2.02. The van der Waals surface area contributed by atoms with Crippen molar-refractivity contribution >= 4 is 34.5 Å². The van der Waals surface area contributed by atoms with E-state index in [0.29, 0.717) is 10.0 Å². The van der Waals surface area contributed by atoms with Crippen molar-refractivity contribution < 1.29 is 0 Å². The van der Waals surface area contributed by atoms with Gasteiger partial charge in [0.15, 0.2) is 0 Å². The van der Waals surface area contributed by atoms with Crippen molar-refractivity contribution in [2.24, 2.45) is 0 Å². The number of hydrogen-bond donors (Lipinski definition) is 1. The van der Waals surface area contributed by atoms with Crippen molar-refractivity contribution in [1.82, 2.24) is 5.32 Å². The Morgan fingerprint density at radius 1 is 1.19 bits per heavy atom. The van der Waals surface area contributed by atoms with Gasteiger partial charge in [-0.1, -0.05) is 35.3 Å². The van der Waals surface area contributed by atoms with Crippen molar-refractivity contribution in [3.8, 4) is 10.4 Å². The number of thiophene rings is 1. The summed E-state index contributed by atoms with van der Waals surface area (Å²) in [5, 5.41) is 4.35. The second-order valence-electron chi connectivity index (χ2n) is 3.40. The fraction of sp³-hybridized carbons (Fsp3) is 0.167. The Hall–Kier alpha value is -0.540. The average molecular weight is 272 g/mol. The molecule has 0 aliphatic heterocycles. The van der Waals surface area contributed by atoms with Gasteiger partial charge in [-0.05, 0) is 25.2 Å². The average Bonchev–Trinajstić information content (AvgIpc) is 2.71. The molecule has 2 rings (SSSR count). The van der Waals surface area contributed by atoms with E-state index in [1.165, 1.54) is 4.88 Å². The predicted molar refractivity (Wildman–Crippen MR) is 72.5 cm³/mol. The van der Waals surface area contributed by atoms with Crippen LogP contribution in [0, 0.1) is 0 Å². The van der Waals surface area contributed by atoms with E-state index < -0.39 is 0 Å². The van der Waals surface area contributed by atoms with Crippen molar-refractivity contribution in [1.29, 1.82) is 0 Å². The van der Waals surface area contributed by atoms with Crippen LogP contribution in [0.3, 0.4) is 0 Å². The molecule has 0 spiro atoms. The third-order valence-corrected chi connectivity index (χ3v) is 4.17. The second kappa shape index (κ2) is 5.19. The lowest BCUT2D eigenvalue weighted by Crippen LogP contribution is -2.02. The zero-order chi connectivity index (χ0) is 11.5. The van der Waals surface area contributed by atoms with Gasteiger partial charge in [0.25, 0.3) is 0 Å². The molecule has 0 bridgehead atoms. The summed E-state index contributed by atoms with van der Waals surface area (Å²) in [7, 11) is 1.94. The number of halogens is 2. The first-order chi connectivity index (χ1) is 7.72. The lowest BCUT2D eigenvalue weighted by atomic mass is 10.2. The molecule has 4 heteroatoms. The molecule has 0 aliphatic rings. The minimum Gasteiger partial charge on any atom is -0.315 e. The SMILES string of the molecule is CNCc1ccc(-c2cccc(Cl)c2Cl)s1. The van der Waals surface area contributed by atoms with E-state index in [4.69, 9.17) is 23.2 Å². The van der Waals surface area contributed by atoms with E-state index in [0.717, 1.165) is 17.0 Å². The summed E-state index contributed by atoms with van der Waals surface area (Å²) in [5.74, 6) is 0. The first-order valence-corrected chi connectivity index (χ1v) is 6.47. The molecule has 1 aromatic carbocycles. The summed E-state index contributed by atoms with van der Waals surface area (Å²) in [5.41, 5.74) is 1.00. The first-order valence-electron chi connectivity index (χ1n) is 4.90. The quantitative estimate of drug-likeness (QED) is 0.870. The van der Waals surface area contributed by atoms with Crippen molar-refractivity contribution in [3.63, 3.8) is 0 Å². The Balaban J connectivity index is 2.39. The predicted octanol–water partition coefficient (Wildman–Crippen LogP) is 4.44. The van der Waals surface area contributed by atoms with Gasteiger partial charge in [-0.2, -0.15) is 0 Å². The molecule has 1 aromatic heterocycles. The number of rotatable bonds is 3. The molecular weight excluding hydrogens is 261 g/mol. The summed E-state index contributed by atoms with van der Waals surface area (Å²) in [6.07, 6.45) is 0. The summed E-state index contributed by atoms with van der Waals surface area (Å²) in [4.78, 5) is 2.44. The number of nitrogens with one attached hydrogen (secondary N) is 1. The summed E-state index contributed by atoms with van der Waals surface area (Å²) < 4.78 is 0. The molecule has 1 N–H and O–H groups in total. The van der Waals surface area contributed by atoms with Gasteiger partial charge in [-0.3, -0.25) is 0 Å². The van der Waals surface area contributed by atoms with Gasteiger partial charge in [0.2, 0.25) is 0 Å². The Labute approximate surface area is 109 Å². The van der Waals surface area contributed by atoms with E-state index in [2.05, 4.69) is 17.4 Å². The molecule has 0 unspecified atom stereocenters. The molecule has 0 saturated heterocycles. The minimum absolute atomic E-state index is 0.600. The Bertz CT molecular complexity index is 494. The van der Waals surface area contributed by atoms with E-state index in [9.17, 15) is 0 Å². The summed E-state index contributed by atoms with van der Waals surface area (Å²) in [6, 6.07) is 9.89. The maximum Gasteiger partial charge on any atom is 0.0678 e. The standard InChI is InChI=1S/C12H11Cl2NS/c1-15-7-8-5-6-11(16-8)9-3-2-4-10(13)12(9)14/h2-6,15H,7H2,1H3. The van der Waals surface area contributed by atoms with Crippen molar-refractivity contribution in [2.45, 2.75) is 6.54 Å². The molecule has 0 amide bonds. The van der Waals surface area contributed by atoms with Crippen LogP contribution in [0.25, 0.3) is 10.4 Å². The highest BCUT2D eigenvalue weighted by Crippen LogP contribution is 2.36. The van der Waals surface area contributed by atoms with Gasteiger partial charge in [0, 0.05) is 21.9 Å². The third-order valence-electron chi connectivity index (χ3n) is 2.23. The van der Waals surface area contributed by atoms with Crippen LogP contribution in [-0.4, -0.2) is 7.05 Å². The van der Waals surface area contributed by atoms with E-state index in [-0.39, 0.29) is 0 Å². The van der Waals surface area contributed by atoms with Gasteiger partial charge in [-0.15, -0.1) is 11.3 Å². The molecule has 0 radical (unpaired) electrons. The van der Waals surface area contributed by atoms with Gasteiger partial charge in [0.05, 0.1) is 10.0 Å². The van der Waals surface area contributed by atoms with Crippen molar-refractivity contribution in [2.75, 3.05) is 7.05 Å². The second-order valence-corrected chi connectivity index (χ2v) is 5.35. The molecule has 0 aliphatic carbocycles. The highest BCUT2D eigenvalue weighted by molar-refractivity contribution is 7.15. The van der Waals surface area contributed by atoms with E-state index >= 15 is 0 Å². The zero-order valence-electron chi connectivity index (χ0n) is 8.76. The largest absolute Gasteiger partial charge is 0.315 e. The Kier molecular flexibility index (Phi) is 3.87. The molecular formula is C12H11Cl2NS. The maximum atomic E-state index is 6.17. The highest BCUT2D eigenvalue weighted by atomic mass is 35.5. The first kappa shape index (κ1) is 11.9. The van der Waals surface area contributed by atoms with Crippen LogP contribution in [0.2, 0.25) is 10.0 Å². The molecule has 0 saturated carbocycles. The van der Waals surface area contributed by atoms with Crippen LogP contribution in [0.5, 0.6) is 0 Å². The molecule has 84 valence electrons. The molecule has 2 aromatic rings. The summed E-state index contributed by atoms with van der Waals surface area (Å²) >= 11 is 13.9. The van der Waals surface area contributed by atoms with Crippen LogP contribution < -0.4 is 5.32 Å². The zero-order valence-corrected chi connectivity index (χ0v) is 11.1. The van der Waals surface area contributed by atoms with Crippen LogP contribution in [0.1, 0.15) is 4.88 Å². The molecule has 1 nitrogen and oxygen atoms in total. The van der Waals surface area contributed by atoms with Crippen LogP contribution in [0.4, 0.5) is 0 Å². The van der Waals surface area contributed by atoms with Crippen LogP contribution in [0.15, 0.2) is 30.3 Å². The third kappa shape index (κ3) is 2.41. The van der Waals surface area contributed by atoms with Crippen LogP contribution in [-0.2, 0) is 6.54 Å². The smallest absolute Gasteiger partial charge is 0.0678 e. The fourth-order valence-electron chi connectivity index (χ4n) is 1.49. The normalized spacial score (nSPS) is 10.7. The lowest BCUT2D eigenvalue weighted by molar-refractivity contribution is 0.831. The molecule has 0 fully saturated rings. The van der Waals surface area contributed by atoms with E-state index in [1.54, 1.807) is 17.4 Å². The fourth-order valence-corrected chi connectivity index (χ4v) is 3.00. The summed E-state index contributed by atoms with van der Waals surface area (Å²) in [6.45, 7) is 0.878. The highest BCUT2D eigenvalue weighted by Gasteiger charge is 2.08. The number of hydrogen-bond acceptors (Lipinski definition) is 2. The molecule has 1 heterocycles. The van der Waals surface area contributed by atoms with Gasteiger partial charge in [-0.25, -0.2) is 0 Å². The van der Waals surface area contributed by atoms with Gasteiger partial charge < -0.3 is 5.32 Å². The Morgan fingerprint density at radius 3 is 2.75 bits per heavy atom. The molecule has 16 heavy (non-hydrogen) atoms. The molecule has 0 atom stereocenters. The van der Waals surface area contributed by atoms with Gasteiger partial charge in [0.1, 0.15) is 0 Å². The van der Waals surface area contributed by atoms with Crippen LogP contribution >= 0.6 is 34.5 Å². The maximum absolute atomic E-state index is 6.17. The minimum atomic E-state index is 0.600. The van der Waals surface area contributed by atoms with Gasteiger partial charge >= 0.3 is 0 Å². The van der Waals surface area contributed by atoms with E-state index in [1.807, 2.05) is 19.2 Å². The topological polar surface area (TPSA) is 12.0 Å². The Morgan fingerprint density at radius 2 is 2.00 bits per heavy atom. The number of benzene rings is 1.